The van der Waals surface area contributed by atoms with E-state index in [0.29, 0.717) is 19.3 Å². The van der Waals surface area contributed by atoms with Crippen molar-refractivity contribution in [2.45, 2.75) is 55.3 Å². The maximum absolute atomic E-state index is 12.6. The summed E-state index contributed by atoms with van der Waals surface area (Å²) in [6.07, 6.45) is -1.66. The first-order valence-electron chi connectivity index (χ1n) is 8.02. The Morgan fingerprint density at radius 3 is 2.27 bits per heavy atom. The minimum atomic E-state index is -4.85. The molecule has 0 atom stereocenters. The lowest BCUT2D eigenvalue weighted by Gasteiger charge is -2.29. The van der Waals surface area contributed by atoms with Gasteiger partial charge >= 0.3 is 12.3 Å². The fraction of sp³-hybridized carbons (Fsp3) is 0.562. The zero-order chi connectivity index (χ0) is 19.4. The second-order valence-electron chi connectivity index (χ2n) is 6.19. The number of carbonyl (C=O) groups is 1. The summed E-state index contributed by atoms with van der Waals surface area (Å²) < 4.78 is 72.8. The van der Waals surface area contributed by atoms with Gasteiger partial charge in [-0.15, -0.1) is 13.2 Å². The Morgan fingerprint density at radius 1 is 1.19 bits per heavy atom. The summed E-state index contributed by atoms with van der Waals surface area (Å²) in [7, 11) is -2.69. The first kappa shape index (κ1) is 20.5. The van der Waals surface area contributed by atoms with E-state index >= 15 is 0 Å². The molecule has 0 bridgehead atoms. The predicted octanol–water partition coefficient (Wildman–Crippen LogP) is 3.13. The number of carbonyl (C=O) groups excluding carboxylic acids is 1. The van der Waals surface area contributed by atoms with Crippen LogP contribution in [-0.4, -0.2) is 33.4 Å². The molecule has 26 heavy (non-hydrogen) atoms. The summed E-state index contributed by atoms with van der Waals surface area (Å²) in [5.41, 5.74) is -0.756. The molecule has 1 aromatic carbocycles. The predicted molar refractivity (Wildman–Crippen MR) is 85.9 cm³/mol. The van der Waals surface area contributed by atoms with Crippen molar-refractivity contribution >= 4 is 16.0 Å². The van der Waals surface area contributed by atoms with E-state index in [2.05, 4.69) is 14.2 Å². The maximum Gasteiger partial charge on any atom is 0.573 e. The van der Waals surface area contributed by atoms with Gasteiger partial charge in [-0.2, -0.15) is 0 Å². The Hall–Kier alpha value is -1.81. The van der Waals surface area contributed by atoms with Crippen LogP contribution in [0.5, 0.6) is 5.75 Å². The summed E-state index contributed by atoms with van der Waals surface area (Å²) in [6.45, 7) is 0. The van der Waals surface area contributed by atoms with Gasteiger partial charge in [0.1, 0.15) is 5.75 Å². The molecule has 146 valence electrons. The molecule has 0 heterocycles. The summed E-state index contributed by atoms with van der Waals surface area (Å²) >= 11 is 0. The van der Waals surface area contributed by atoms with Crippen molar-refractivity contribution in [2.24, 2.45) is 0 Å². The number of halogens is 3. The molecular weight excluding hydrogens is 375 g/mol. The topological polar surface area (TPSA) is 81.7 Å². The quantitative estimate of drug-likeness (QED) is 0.718. The van der Waals surface area contributed by atoms with E-state index in [9.17, 15) is 26.4 Å². The van der Waals surface area contributed by atoms with E-state index in [-0.39, 0.29) is 11.3 Å². The van der Waals surface area contributed by atoms with Gasteiger partial charge in [0.25, 0.3) is 0 Å². The second-order valence-corrected chi connectivity index (χ2v) is 7.87. The highest BCUT2D eigenvalue weighted by Gasteiger charge is 2.38. The molecule has 1 aromatic rings. The monoisotopic (exact) mass is 395 g/mol. The van der Waals surface area contributed by atoms with Gasteiger partial charge in [0, 0.05) is 12.0 Å². The van der Waals surface area contributed by atoms with Crippen molar-refractivity contribution in [3.63, 3.8) is 0 Å². The van der Waals surface area contributed by atoms with Crippen LogP contribution in [0.3, 0.4) is 0 Å². The van der Waals surface area contributed by atoms with Crippen molar-refractivity contribution in [2.75, 3.05) is 7.11 Å². The van der Waals surface area contributed by atoms with Crippen LogP contribution < -0.4 is 9.46 Å². The van der Waals surface area contributed by atoms with Crippen LogP contribution in [-0.2, 0) is 19.6 Å². The third kappa shape index (κ3) is 5.60. The Morgan fingerprint density at radius 2 is 1.77 bits per heavy atom. The number of methoxy groups -OCH3 is 1. The molecule has 0 unspecified atom stereocenters. The smallest absolute Gasteiger partial charge is 0.469 e. The van der Waals surface area contributed by atoms with Crippen LogP contribution in [0, 0.1) is 0 Å². The average molecular weight is 395 g/mol. The third-order valence-corrected chi connectivity index (χ3v) is 5.91. The normalized spacial score (nSPS) is 17.1. The Balaban J connectivity index is 2.13. The van der Waals surface area contributed by atoms with E-state index in [1.807, 2.05) is 0 Å². The second kappa shape index (κ2) is 7.83. The molecule has 0 aliphatic heterocycles. The minimum absolute atomic E-state index is 0.0807. The molecule has 0 radical (unpaired) electrons. The highest BCUT2D eigenvalue weighted by molar-refractivity contribution is 7.89. The zero-order valence-electron chi connectivity index (χ0n) is 14.1. The van der Waals surface area contributed by atoms with Gasteiger partial charge in [0.05, 0.1) is 12.0 Å². The molecule has 2 rings (SSSR count). The molecule has 10 heteroatoms. The molecule has 6 nitrogen and oxygen atoms in total. The van der Waals surface area contributed by atoms with Crippen LogP contribution in [0.2, 0.25) is 0 Å². The largest absolute Gasteiger partial charge is 0.573 e. The molecule has 0 aromatic heterocycles. The van der Waals surface area contributed by atoms with Gasteiger partial charge in [-0.05, 0) is 43.5 Å². The lowest BCUT2D eigenvalue weighted by atomic mass is 9.93. The van der Waals surface area contributed by atoms with Crippen molar-refractivity contribution in [3.05, 3.63) is 24.3 Å². The van der Waals surface area contributed by atoms with Crippen LogP contribution in [0.4, 0.5) is 13.2 Å². The number of hydrogen-bond acceptors (Lipinski definition) is 5. The van der Waals surface area contributed by atoms with Gasteiger partial charge in [0.15, 0.2) is 0 Å². The van der Waals surface area contributed by atoms with E-state index < -0.39 is 33.6 Å². The van der Waals surface area contributed by atoms with E-state index in [1.54, 1.807) is 0 Å². The Labute approximate surface area is 149 Å². The maximum atomic E-state index is 12.6. The number of sulfonamides is 1. The number of rotatable bonds is 7. The van der Waals surface area contributed by atoms with Crippen LogP contribution in [0.1, 0.15) is 38.5 Å². The number of alkyl halides is 3. The highest BCUT2D eigenvalue weighted by Crippen LogP contribution is 2.35. The van der Waals surface area contributed by atoms with Crippen LogP contribution in [0.15, 0.2) is 29.2 Å². The van der Waals surface area contributed by atoms with Gasteiger partial charge in [-0.3, -0.25) is 4.79 Å². The highest BCUT2D eigenvalue weighted by atomic mass is 32.2. The van der Waals surface area contributed by atoms with Gasteiger partial charge < -0.3 is 9.47 Å². The number of nitrogens with one attached hydrogen (secondary N) is 1. The molecule has 1 N–H and O–H groups in total. The van der Waals surface area contributed by atoms with Crippen molar-refractivity contribution < 1.29 is 35.9 Å². The number of benzene rings is 1. The molecule has 0 spiro atoms. The van der Waals surface area contributed by atoms with Crippen LogP contribution >= 0.6 is 0 Å². The van der Waals surface area contributed by atoms with Gasteiger partial charge in [-0.1, -0.05) is 12.8 Å². The number of ether oxygens (including phenoxy) is 2. The summed E-state index contributed by atoms with van der Waals surface area (Å²) in [5.74, 6) is -0.929. The first-order valence-corrected chi connectivity index (χ1v) is 9.50. The Kier molecular flexibility index (Phi) is 6.17. The van der Waals surface area contributed by atoms with E-state index in [0.717, 1.165) is 37.1 Å². The Bertz CT molecular complexity index is 725. The summed E-state index contributed by atoms with van der Waals surface area (Å²) in [6, 6.07) is 3.98. The lowest BCUT2D eigenvalue weighted by Crippen LogP contribution is -2.46. The van der Waals surface area contributed by atoms with Gasteiger partial charge in [-0.25, -0.2) is 13.1 Å². The minimum Gasteiger partial charge on any atom is -0.469 e. The standard InChI is InChI=1S/C16H20F3NO5S/c1-24-14(21)8-11-15(9-2-3-10-15)20-26(22,23)13-6-4-12(5-7-13)25-16(17,18)19/h4-7,20H,2-3,8-11H2,1H3. The third-order valence-electron chi connectivity index (χ3n) is 4.31. The average Bonchev–Trinajstić information content (AvgIpc) is 2.99. The molecule has 1 aliphatic rings. The number of hydrogen-bond donors (Lipinski definition) is 1. The molecule has 1 fully saturated rings. The molecule has 0 saturated heterocycles. The fourth-order valence-electron chi connectivity index (χ4n) is 3.06. The number of esters is 1. The first-order chi connectivity index (χ1) is 12.1. The van der Waals surface area contributed by atoms with Crippen molar-refractivity contribution in [1.29, 1.82) is 0 Å². The summed E-state index contributed by atoms with van der Waals surface area (Å²) in [4.78, 5) is 11.2. The van der Waals surface area contributed by atoms with E-state index in [4.69, 9.17) is 0 Å². The molecular formula is C16H20F3NO5S. The SMILES string of the molecule is COC(=O)CCC1(NS(=O)(=O)c2ccc(OC(F)(F)F)cc2)CCCC1. The van der Waals surface area contributed by atoms with E-state index in [1.165, 1.54) is 7.11 Å². The van der Waals surface area contributed by atoms with Crippen molar-refractivity contribution in [1.82, 2.24) is 4.72 Å². The summed E-state index contributed by atoms with van der Waals surface area (Å²) in [5, 5.41) is 0. The van der Waals surface area contributed by atoms with Gasteiger partial charge in [0.2, 0.25) is 10.0 Å². The lowest BCUT2D eigenvalue weighted by molar-refractivity contribution is -0.274. The molecule has 1 saturated carbocycles. The molecule has 1 aliphatic carbocycles. The molecule has 0 amide bonds. The van der Waals surface area contributed by atoms with Crippen LogP contribution in [0.25, 0.3) is 0 Å². The van der Waals surface area contributed by atoms with Crippen molar-refractivity contribution in [3.8, 4) is 5.75 Å². The zero-order valence-corrected chi connectivity index (χ0v) is 15.0. The fourth-order valence-corrected chi connectivity index (χ4v) is 4.55.